The van der Waals surface area contributed by atoms with Gasteiger partial charge in [-0.3, -0.25) is 4.79 Å². The van der Waals surface area contributed by atoms with Gasteiger partial charge in [0, 0.05) is 25.6 Å². The second-order valence-electron chi connectivity index (χ2n) is 4.93. The summed E-state index contributed by atoms with van der Waals surface area (Å²) in [5.74, 6) is 0.974. The summed E-state index contributed by atoms with van der Waals surface area (Å²) < 4.78 is 0. The van der Waals surface area contributed by atoms with Crippen LogP contribution in [0.5, 0.6) is 0 Å². The zero-order valence-electron chi connectivity index (χ0n) is 11.0. The minimum Gasteiger partial charge on any atom is -0.341 e. The van der Waals surface area contributed by atoms with Gasteiger partial charge in [0.1, 0.15) is 0 Å². The van der Waals surface area contributed by atoms with Crippen molar-refractivity contribution in [2.45, 2.75) is 52.0 Å². The Morgan fingerprint density at radius 1 is 1.38 bits per heavy atom. The van der Waals surface area contributed by atoms with Gasteiger partial charge in [-0.25, -0.2) is 0 Å². The van der Waals surface area contributed by atoms with E-state index in [2.05, 4.69) is 24.1 Å². The molecule has 1 fully saturated rings. The second-order valence-corrected chi connectivity index (χ2v) is 4.93. The predicted molar refractivity (Wildman–Crippen MR) is 67.4 cm³/mol. The Morgan fingerprint density at radius 3 is 2.75 bits per heavy atom. The number of carbonyl (C=O) groups is 1. The molecule has 2 unspecified atom stereocenters. The van der Waals surface area contributed by atoms with Crippen LogP contribution in [0.15, 0.2) is 0 Å². The summed E-state index contributed by atoms with van der Waals surface area (Å²) in [6.07, 6.45) is 5.35. The molecular formula is C13H26N2O. The number of hydrogen-bond acceptors (Lipinski definition) is 2. The first kappa shape index (κ1) is 13.5. The monoisotopic (exact) mass is 226 g/mol. The molecule has 1 N–H and O–H groups in total. The number of amides is 1. The summed E-state index contributed by atoms with van der Waals surface area (Å²) in [6.45, 7) is 6.29. The molecule has 1 aliphatic rings. The van der Waals surface area contributed by atoms with Gasteiger partial charge in [-0.2, -0.15) is 0 Å². The van der Waals surface area contributed by atoms with Crippen molar-refractivity contribution in [3.05, 3.63) is 0 Å². The highest BCUT2D eigenvalue weighted by atomic mass is 16.2. The van der Waals surface area contributed by atoms with E-state index in [1.165, 1.54) is 12.8 Å². The zero-order valence-corrected chi connectivity index (χ0v) is 11.0. The second kappa shape index (κ2) is 6.89. The quantitative estimate of drug-likeness (QED) is 0.778. The van der Waals surface area contributed by atoms with Crippen LogP contribution in [0.4, 0.5) is 0 Å². The molecule has 2 atom stereocenters. The number of likely N-dealkylation sites (tertiary alicyclic amines) is 1. The van der Waals surface area contributed by atoms with E-state index in [4.69, 9.17) is 0 Å². The Hall–Kier alpha value is -0.570. The maximum atomic E-state index is 11.9. The summed E-state index contributed by atoms with van der Waals surface area (Å²) >= 11 is 0. The molecule has 0 aliphatic carbocycles. The van der Waals surface area contributed by atoms with Crippen LogP contribution in [0.3, 0.4) is 0 Å². The SMILES string of the molecule is CCC(C)C(CN1CCCCCC1=O)NC. The third kappa shape index (κ3) is 3.78. The molecule has 3 nitrogen and oxygen atoms in total. The van der Waals surface area contributed by atoms with Crippen LogP contribution in [0, 0.1) is 5.92 Å². The lowest BCUT2D eigenvalue weighted by Crippen LogP contribution is -2.45. The summed E-state index contributed by atoms with van der Waals surface area (Å²) in [7, 11) is 2.00. The third-order valence-corrected chi connectivity index (χ3v) is 3.79. The molecule has 0 radical (unpaired) electrons. The van der Waals surface area contributed by atoms with Gasteiger partial charge in [-0.1, -0.05) is 26.7 Å². The Bertz CT molecular complexity index is 218. The fraction of sp³-hybridized carbons (Fsp3) is 0.923. The fourth-order valence-corrected chi connectivity index (χ4v) is 2.31. The number of likely N-dealkylation sites (N-methyl/N-ethyl adjacent to an activating group) is 1. The van der Waals surface area contributed by atoms with Gasteiger partial charge in [0.2, 0.25) is 5.91 Å². The van der Waals surface area contributed by atoms with Crippen LogP contribution in [-0.2, 0) is 4.79 Å². The van der Waals surface area contributed by atoms with Crippen LogP contribution >= 0.6 is 0 Å². The molecule has 1 amide bonds. The summed E-state index contributed by atoms with van der Waals surface area (Å²) in [5, 5.41) is 3.35. The smallest absolute Gasteiger partial charge is 0.222 e. The molecule has 1 aliphatic heterocycles. The highest BCUT2D eigenvalue weighted by Crippen LogP contribution is 2.14. The van der Waals surface area contributed by atoms with E-state index in [9.17, 15) is 4.79 Å². The third-order valence-electron chi connectivity index (χ3n) is 3.79. The molecule has 1 saturated heterocycles. The first-order chi connectivity index (χ1) is 7.69. The van der Waals surface area contributed by atoms with Gasteiger partial charge in [0.25, 0.3) is 0 Å². The molecule has 16 heavy (non-hydrogen) atoms. The molecule has 1 heterocycles. The Kier molecular flexibility index (Phi) is 5.81. The first-order valence-corrected chi connectivity index (χ1v) is 6.64. The Morgan fingerprint density at radius 2 is 2.12 bits per heavy atom. The topological polar surface area (TPSA) is 32.3 Å². The Balaban J connectivity index is 2.51. The van der Waals surface area contributed by atoms with Gasteiger partial charge in [0.05, 0.1) is 0 Å². The van der Waals surface area contributed by atoms with Gasteiger partial charge >= 0.3 is 0 Å². The summed E-state index contributed by atoms with van der Waals surface area (Å²) in [5.41, 5.74) is 0. The van der Waals surface area contributed by atoms with Crippen molar-refractivity contribution in [2.24, 2.45) is 5.92 Å². The molecule has 1 rings (SSSR count). The predicted octanol–water partition coefficient (Wildman–Crippen LogP) is 2.02. The van der Waals surface area contributed by atoms with Gasteiger partial charge in [-0.05, 0) is 25.8 Å². The van der Waals surface area contributed by atoms with Crippen molar-refractivity contribution in [3.8, 4) is 0 Å². The van der Waals surface area contributed by atoms with Crippen molar-refractivity contribution >= 4 is 5.91 Å². The molecule has 3 heteroatoms. The van der Waals surface area contributed by atoms with E-state index in [0.29, 0.717) is 17.9 Å². The molecule has 0 aromatic rings. The fourth-order valence-electron chi connectivity index (χ4n) is 2.31. The van der Waals surface area contributed by atoms with Crippen LogP contribution in [0.2, 0.25) is 0 Å². The van der Waals surface area contributed by atoms with Crippen molar-refractivity contribution in [3.63, 3.8) is 0 Å². The van der Waals surface area contributed by atoms with E-state index in [1.54, 1.807) is 0 Å². The molecule has 94 valence electrons. The van der Waals surface area contributed by atoms with Gasteiger partial charge in [0.15, 0.2) is 0 Å². The number of rotatable bonds is 5. The lowest BCUT2D eigenvalue weighted by molar-refractivity contribution is -0.131. The maximum Gasteiger partial charge on any atom is 0.222 e. The largest absolute Gasteiger partial charge is 0.341 e. The Labute approximate surface area is 99.6 Å². The van der Waals surface area contributed by atoms with Crippen molar-refractivity contribution in [1.82, 2.24) is 10.2 Å². The van der Waals surface area contributed by atoms with Crippen molar-refractivity contribution < 1.29 is 4.79 Å². The minimum absolute atomic E-state index is 0.348. The number of nitrogens with zero attached hydrogens (tertiary/aromatic N) is 1. The highest BCUT2D eigenvalue weighted by Gasteiger charge is 2.22. The van der Waals surface area contributed by atoms with Gasteiger partial charge in [-0.15, -0.1) is 0 Å². The molecule has 0 spiro atoms. The lowest BCUT2D eigenvalue weighted by atomic mass is 9.99. The summed E-state index contributed by atoms with van der Waals surface area (Å²) in [4.78, 5) is 13.9. The van der Waals surface area contributed by atoms with E-state index in [1.807, 2.05) is 7.05 Å². The van der Waals surface area contributed by atoms with E-state index < -0.39 is 0 Å². The lowest BCUT2D eigenvalue weighted by Gasteiger charge is -2.29. The van der Waals surface area contributed by atoms with Crippen LogP contribution in [0.25, 0.3) is 0 Å². The average Bonchev–Trinajstić information content (AvgIpc) is 2.50. The standard InChI is InChI=1S/C13H26N2O/c1-4-11(2)12(14-3)10-15-9-7-5-6-8-13(15)16/h11-12,14H,4-10H2,1-3H3. The number of carbonyl (C=O) groups excluding carboxylic acids is 1. The minimum atomic E-state index is 0.348. The molecule has 0 bridgehead atoms. The maximum absolute atomic E-state index is 11.9. The molecule has 0 aromatic heterocycles. The van der Waals surface area contributed by atoms with Gasteiger partial charge < -0.3 is 10.2 Å². The summed E-state index contributed by atoms with van der Waals surface area (Å²) in [6, 6.07) is 0.437. The average molecular weight is 226 g/mol. The molecular weight excluding hydrogens is 200 g/mol. The zero-order chi connectivity index (χ0) is 12.0. The normalized spacial score (nSPS) is 21.7. The van der Waals surface area contributed by atoms with E-state index in [0.717, 1.165) is 32.4 Å². The van der Waals surface area contributed by atoms with Crippen molar-refractivity contribution in [2.75, 3.05) is 20.1 Å². The highest BCUT2D eigenvalue weighted by molar-refractivity contribution is 5.76. The molecule has 0 saturated carbocycles. The number of nitrogens with one attached hydrogen (secondary N) is 1. The van der Waals surface area contributed by atoms with Crippen LogP contribution in [-0.4, -0.2) is 37.0 Å². The van der Waals surface area contributed by atoms with Crippen LogP contribution in [0.1, 0.15) is 46.0 Å². The number of hydrogen-bond donors (Lipinski definition) is 1. The first-order valence-electron chi connectivity index (χ1n) is 6.64. The van der Waals surface area contributed by atoms with Crippen molar-refractivity contribution in [1.29, 1.82) is 0 Å². The molecule has 0 aromatic carbocycles. The van der Waals surface area contributed by atoms with Crippen LogP contribution < -0.4 is 5.32 Å². The van der Waals surface area contributed by atoms with E-state index in [-0.39, 0.29) is 0 Å². The van der Waals surface area contributed by atoms with E-state index >= 15 is 0 Å².